The molecule has 0 radical (unpaired) electrons. The standard InChI is InChI=1S/C13H15FN6O3/c14-10-11(18-20-16)13(22-7-8-4-2-1-3-5-8)23-9(12(10)21)6-17-19-15/h1-5,9-13,21H,6-7H2/t9-,10-,11-,12-,13?/m1/s1. The summed E-state index contributed by atoms with van der Waals surface area (Å²) in [5, 5.41) is 16.4. The van der Waals surface area contributed by atoms with Gasteiger partial charge in [0.05, 0.1) is 19.3 Å². The Morgan fingerprint density at radius 3 is 2.65 bits per heavy atom. The Bertz CT molecular complexity index is 603. The Kier molecular flexibility index (Phi) is 6.16. The summed E-state index contributed by atoms with van der Waals surface area (Å²) in [6.07, 6.45) is -5.73. The summed E-state index contributed by atoms with van der Waals surface area (Å²) in [5.41, 5.74) is 17.7. The lowest BCUT2D eigenvalue weighted by Crippen LogP contribution is -2.56. The van der Waals surface area contributed by atoms with Crippen LogP contribution in [-0.2, 0) is 16.1 Å². The second-order valence-corrected chi connectivity index (χ2v) is 4.88. The van der Waals surface area contributed by atoms with E-state index >= 15 is 0 Å². The van der Waals surface area contributed by atoms with E-state index in [1.165, 1.54) is 0 Å². The van der Waals surface area contributed by atoms with Crippen LogP contribution < -0.4 is 0 Å². The van der Waals surface area contributed by atoms with Gasteiger partial charge < -0.3 is 14.6 Å². The van der Waals surface area contributed by atoms with Crippen molar-refractivity contribution in [3.05, 3.63) is 56.8 Å². The van der Waals surface area contributed by atoms with Crippen LogP contribution >= 0.6 is 0 Å². The minimum absolute atomic E-state index is 0.111. The van der Waals surface area contributed by atoms with Crippen LogP contribution in [0.1, 0.15) is 5.56 Å². The molecular formula is C13H15FN6O3. The Labute approximate surface area is 130 Å². The molecule has 0 aromatic heterocycles. The van der Waals surface area contributed by atoms with Crippen LogP contribution in [0.4, 0.5) is 4.39 Å². The van der Waals surface area contributed by atoms with Gasteiger partial charge >= 0.3 is 0 Å². The molecule has 1 aliphatic rings. The van der Waals surface area contributed by atoms with Crippen molar-refractivity contribution in [1.82, 2.24) is 0 Å². The fourth-order valence-corrected chi connectivity index (χ4v) is 2.23. The molecule has 9 nitrogen and oxygen atoms in total. The topological polar surface area (TPSA) is 136 Å². The molecule has 1 aliphatic heterocycles. The number of aliphatic hydroxyl groups is 1. The van der Waals surface area contributed by atoms with E-state index in [0.717, 1.165) is 5.56 Å². The van der Waals surface area contributed by atoms with Crippen molar-refractivity contribution >= 4 is 0 Å². The first-order chi connectivity index (χ1) is 11.2. The normalized spacial score (nSPS) is 30.1. The molecule has 1 aromatic rings. The summed E-state index contributed by atoms with van der Waals surface area (Å²) in [6.45, 7) is -0.147. The van der Waals surface area contributed by atoms with Crippen LogP contribution in [0.5, 0.6) is 0 Å². The van der Waals surface area contributed by atoms with Gasteiger partial charge in [-0.25, -0.2) is 4.39 Å². The van der Waals surface area contributed by atoms with E-state index in [0.29, 0.717) is 0 Å². The monoisotopic (exact) mass is 322 g/mol. The molecule has 1 heterocycles. The highest BCUT2D eigenvalue weighted by molar-refractivity contribution is 5.13. The maximum atomic E-state index is 14.3. The molecule has 0 aliphatic carbocycles. The first kappa shape index (κ1) is 17.0. The van der Waals surface area contributed by atoms with Gasteiger partial charge in [0.15, 0.2) is 6.29 Å². The number of alkyl halides is 1. The SMILES string of the molecule is [N-]=[N+]=NC[C@H]1OC(OCc2ccccc2)[C@H](N=[N+]=[N-])[C@@H](F)[C@@H]1O. The molecule has 10 heteroatoms. The van der Waals surface area contributed by atoms with Crippen LogP contribution in [0.15, 0.2) is 40.6 Å². The number of hydrogen-bond donors (Lipinski definition) is 1. The van der Waals surface area contributed by atoms with Gasteiger partial charge in [0.2, 0.25) is 0 Å². The molecule has 2 rings (SSSR count). The van der Waals surface area contributed by atoms with E-state index in [9.17, 15) is 9.50 Å². The first-order valence-electron chi connectivity index (χ1n) is 6.85. The Morgan fingerprint density at radius 2 is 2.00 bits per heavy atom. The lowest BCUT2D eigenvalue weighted by Gasteiger charge is -2.39. The van der Waals surface area contributed by atoms with Gasteiger partial charge in [-0.15, -0.1) is 0 Å². The summed E-state index contributed by atoms with van der Waals surface area (Å²) in [7, 11) is 0. The van der Waals surface area contributed by atoms with Crippen LogP contribution in [0, 0.1) is 0 Å². The van der Waals surface area contributed by atoms with E-state index in [2.05, 4.69) is 20.1 Å². The predicted molar refractivity (Wildman–Crippen MR) is 77.7 cm³/mol. The number of aliphatic hydroxyl groups excluding tert-OH is 1. The van der Waals surface area contributed by atoms with Crippen molar-refractivity contribution in [3.63, 3.8) is 0 Å². The van der Waals surface area contributed by atoms with Crippen molar-refractivity contribution in [2.75, 3.05) is 6.54 Å². The van der Waals surface area contributed by atoms with Crippen LogP contribution in [-0.4, -0.2) is 42.4 Å². The zero-order valence-electron chi connectivity index (χ0n) is 12.0. The highest BCUT2D eigenvalue weighted by Gasteiger charge is 2.45. The van der Waals surface area contributed by atoms with E-state index in [1.54, 1.807) is 0 Å². The quantitative estimate of drug-likeness (QED) is 0.489. The molecule has 1 fully saturated rings. The molecule has 0 amide bonds. The molecule has 0 saturated carbocycles. The highest BCUT2D eigenvalue weighted by Crippen LogP contribution is 2.28. The van der Waals surface area contributed by atoms with Crippen molar-refractivity contribution in [3.8, 4) is 0 Å². The second-order valence-electron chi connectivity index (χ2n) is 4.88. The van der Waals surface area contributed by atoms with Gasteiger partial charge in [0.25, 0.3) is 0 Å². The number of rotatable bonds is 6. The maximum Gasteiger partial charge on any atom is 0.169 e. The van der Waals surface area contributed by atoms with Gasteiger partial charge in [-0.05, 0) is 16.6 Å². The number of halogens is 1. The summed E-state index contributed by atoms with van der Waals surface area (Å²) >= 11 is 0. The van der Waals surface area contributed by atoms with Crippen LogP contribution in [0.2, 0.25) is 0 Å². The van der Waals surface area contributed by atoms with Gasteiger partial charge in [-0.3, -0.25) is 0 Å². The molecule has 1 N–H and O–H groups in total. The summed E-state index contributed by atoms with van der Waals surface area (Å²) in [4.78, 5) is 5.12. The first-order valence-corrected chi connectivity index (χ1v) is 6.85. The molecule has 1 aromatic carbocycles. The van der Waals surface area contributed by atoms with E-state index < -0.39 is 30.7 Å². The fraction of sp³-hybridized carbons (Fsp3) is 0.538. The Hall–Kier alpha value is -2.35. The number of ether oxygens (including phenoxy) is 2. The molecule has 1 saturated heterocycles. The third-order valence-corrected chi connectivity index (χ3v) is 3.39. The molecule has 5 atom stereocenters. The number of azide groups is 2. The smallest absolute Gasteiger partial charge is 0.169 e. The zero-order chi connectivity index (χ0) is 16.7. The number of nitrogens with zero attached hydrogens (tertiary/aromatic N) is 6. The van der Waals surface area contributed by atoms with Gasteiger partial charge in [-0.2, -0.15) is 0 Å². The summed E-state index contributed by atoms with van der Waals surface area (Å²) in [6, 6.07) is 7.76. The molecular weight excluding hydrogens is 307 g/mol. The van der Waals surface area contributed by atoms with Crippen LogP contribution in [0.3, 0.4) is 0 Å². The fourth-order valence-electron chi connectivity index (χ4n) is 2.23. The summed E-state index contributed by atoms with van der Waals surface area (Å²) < 4.78 is 25.2. The van der Waals surface area contributed by atoms with Crippen molar-refractivity contribution < 1.29 is 19.0 Å². The largest absolute Gasteiger partial charge is 0.387 e. The predicted octanol–water partition coefficient (Wildman–Crippen LogP) is 2.62. The van der Waals surface area contributed by atoms with Gasteiger partial charge in [0.1, 0.15) is 18.3 Å². The minimum Gasteiger partial charge on any atom is -0.387 e. The number of hydrogen-bond acceptors (Lipinski definition) is 5. The zero-order valence-corrected chi connectivity index (χ0v) is 12.0. The third-order valence-electron chi connectivity index (χ3n) is 3.39. The number of benzene rings is 1. The lowest BCUT2D eigenvalue weighted by atomic mass is 9.98. The van der Waals surface area contributed by atoms with E-state index in [1.807, 2.05) is 30.3 Å². The summed E-state index contributed by atoms with van der Waals surface area (Å²) in [5.74, 6) is 0. The van der Waals surface area contributed by atoms with E-state index in [-0.39, 0.29) is 13.2 Å². The molecule has 0 bridgehead atoms. The Morgan fingerprint density at radius 1 is 1.26 bits per heavy atom. The molecule has 23 heavy (non-hydrogen) atoms. The average Bonchev–Trinajstić information content (AvgIpc) is 2.58. The second kappa shape index (κ2) is 8.33. The molecule has 0 spiro atoms. The average molecular weight is 322 g/mol. The minimum atomic E-state index is -1.89. The van der Waals surface area contributed by atoms with Gasteiger partial charge in [0, 0.05) is 9.82 Å². The van der Waals surface area contributed by atoms with Crippen molar-refractivity contribution in [2.45, 2.75) is 37.3 Å². The van der Waals surface area contributed by atoms with Crippen molar-refractivity contribution in [2.24, 2.45) is 10.2 Å². The Balaban J connectivity index is 2.11. The highest BCUT2D eigenvalue weighted by atomic mass is 19.1. The molecule has 122 valence electrons. The van der Waals surface area contributed by atoms with Gasteiger partial charge in [-0.1, -0.05) is 40.6 Å². The molecule has 1 unspecified atom stereocenters. The van der Waals surface area contributed by atoms with E-state index in [4.69, 9.17) is 20.5 Å². The lowest BCUT2D eigenvalue weighted by molar-refractivity contribution is -0.250. The maximum absolute atomic E-state index is 14.3. The van der Waals surface area contributed by atoms with Crippen LogP contribution in [0.25, 0.3) is 20.9 Å². The third kappa shape index (κ3) is 4.32. The van der Waals surface area contributed by atoms with Crippen molar-refractivity contribution in [1.29, 1.82) is 0 Å².